The predicted molar refractivity (Wildman–Crippen MR) is 104 cm³/mol. The van der Waals surface area contributed by atoms with E-state index in [2.05, 4.69) is 5.32 Å². The van der Waals surface area contributed by atoms with Gasteiger partial charge in [-0.3, -0.25) is 19.2 Å². The van der Waals surface area contributed by atoms with Gasteiger partial charge in [-0.25, -0.2) is 0 Å². The van der Waals surface area contributed by atoms with Gasteiger partial charge >= 0.3 is 0 Å². The number of carbonyl (C=O) groups excluding carboxylic acids is 4. The highest BCUT2D eigenvalue weighted by Crippen LogP contribution is 2.40. The number of nitrogens with two attached hydrogens (primary N) is 1. The van der Waals surface area contributed by atoms with Gasteiger partial charge in [0, 0.05) is 18.6 Å². The minimum Gasteiger partial charge on any atom is -0.368 e. The Hall–Kier alpha value is -1.22. The quantitative estimate of drug-likeness (QED) is 0.647. The lowest BCUT2D eigenvalue weighted by Gasteiger charge is -2.30. The number of nitrogens with zero attached hydrogens (tertiary/aromatic N) is 1. The van der Waals surface area contributed by atoms with E-state index < -0.39 is 29.3 Å². The summed E-state index contributed by atoms with van der Waals surface area (Å²) in [4.78, 5) is 50.6. The lowest BCUT2D eigenvalue weighted by Crippen LogP contribution is -2.54. The Labute approximate surface area is 162 Å². The summed E-state index contributed by atoms with van der Waals surface area (Å²) in [6.07, 6.45) is 2.99. The summed E-state index contributed by atoms with van der Waals surface area (Å²) in [5, 5.41) is 2.85. The molecular weight excluding hydrogens is 374 g/mol. The maximum absolute atomic E-state index is 13.0. The van der Waals surface area contributed by atoms with Crippen LogP contribution in [0.1, 0.15) is 33.1 Å². The molecular formula is C17H27N3O4S2. The molecule has 9 heteroatoms. The molecule has 3 amide bonds. The minimum atomic E-state index is -0.706. The van der Waals surface area contributed by atoms with Crippen molar-refractivity contribution in [3.05, 3.63) is 0 Å². The van der Waals surface area contributed by atoms with E-state index in [-0.39, 0.29) is 24.0 Å². The zero-order chi connectivity index (χ0) is 19.5. The highest BCUT2D eigenvalue weighted by atomic mass is 32.2. The van der Waals surface area contributed by atoms with E-state index in [9.17, 15) is 19.2 Å². The van der Waals surface area contributed by atoms with Crippen LogP contribution < -0.4 is 11.1 Å². The molecule has 2 unspecified atom stereocenters. The minimum absolute atomic E-state index is 0.0758. The van der Waals surface area contributed by atoms with E-state index in [1.165, 1.54) is 16.7 Å². The summed E-state index contributed by atoms with van der Waals surface area (Å²) in [5.41, 5.74) is 4.99. The lowest BCUT2D eigenvalue weighted by atomic mass is 9.81. The smallest absolute Gasteiger partial charge is 0.246 e. The molecule has 1 aliphatic carbocycles. The van der Waals surface area contributed by atoms with Gasteiger partial charge in [0.2, 0.25) is 17.7 Å². The van der Waals surface area contributed by atoms with Crippen molar-refractivity contribution in [3.8, 4) is 0 Å². The van der Waals surface area contributed by atoms with Gasteiger partial charge in [-0.15, -0.1) is 11.8 Å². The molecule has 0 bridgehead atoms. The molecule has 7 nitrogen and oxygen atoms in total. The van der Waals surface area contributed by atoms with Crippen LogP contribution in [-0.2, 0) is 19.2 Å². The number of primary amides is 1. The third-order valence-electron chi connectivity index (χ3n) is 5.06. The zero-order valence-corrected chi connectivity index (χ0v) is 17.1. The first-order valence-electron chi connectivity index (χ1n) is 8.66. The monoisotopic (exact) mass is 401 g/mol. The van der Waals surface area contributed by atoms with E-state index in [0.717, 1.165) is 0 Å². The fourth-order valence-electron chi connectivity index (χ4n) is 3.52. The number of nitrogens with one attached hydrogen (secondary N) is 1. The second-order valence-corrected chi connectivity index (χ2v) is 9.51. The summed E-state index contributed by atoms with van der Waals surface area (Å²) < 4.78 is 0. The fraction of sp³-hybridized carbons (Fsp3) is 0.765. The van der Waals surface area contributed by atoms with E-state index in [1.54, 1.807) is 11.8 Å². The number of rotatable bonds is 7. The van der Waals surface area contributed by atoms with E-state index in [0.29, 0.717) is 30.2 Å². The van der Waals surface area contributed by atoms with Gasteiger partial charge in [0.05, 0.1) is 11.8 Å². The normalized spacial score (nSPS) is 26.0. The van der Waals surface area contributed by atoms with Gasteiger partial charge in [-0.1, -0.05) is 13.8 Å². The molecule has 0 spiro atoms. The van der Waals surface area contributed by atoms with Crippen LogP contribution in [-0.4, -0.2) is 64.1 Å². The summed E-state index contributed by atoms with van der Waals surface area (Å²) in [6, 6.07) is -1.34. The summed E-state index contributed by atoms with van der Waals surface area (Å²) in [7, 11) is 0. The molecule has 26 heavy (non-hydrogen) atoms. The number of amides is 3. The number of carbonyl (C=O) groups is 4. The van der Waals surface area contributed by atoms with Crippen molar-refractivity contribution in [2.45, 2.75) is 45.2 Å². The molecule has 146 valence electrons. The van der Waals surface area contributed by atoms with Gasteiger partial charge < -0.3 is 16.0 Å². The average Bonchev–Trinajstić information content (AvgIpc) is 3.14. The van der Waals surface area contributed by atoms with Crippen molar-refractivity contribution in [2.24, 2.45) is 17.1 Å². The highest BCUT2D eigenvalue weighted by Gasteiger charge is 2.45. The Bertz CT molecular complexity index is 597. The molecule has 3 atom stereocenters. The molecule has 0 radical (unpaired) electrons. The molecule has 1 saturated heterocycles. The Kier molecular flexibility index (Phi) is 7.01. The number of hydrogen-bond donors (Lipinski definition) is 2. The third-order valence-corrected chi connectivity index (χ3v) is 6.72. The third kappa shape index (κ3) is 4.73. The molecule has 3 N–H and O–H groups in total. The molecule has 1 aliphatic heterocycles. The molecule has 2 rings (SSSR count). The molecule has 1 saturated carbocycles. The fourth-order valence-corrected chi connectivity index (χ4v) is 5.16. The summed E-state index contributed by atoms with van der Waals surface area (Å²) >= 11 is 3.06. The van der Waals surface area contributed by atoms with Crippen LogP contribution in [0.25, 0.3) is 0 Å². The van der Waals surface area contributed by atoms with E-state index in [4.69, 9.17) is 5.73 Å². The molecule has 0 aromatic rings. The summed E-state index contributed by atoms with van der Waals surface area (Å²) in [5.74, 6) is 0.157. The maximum Gasteiger partial charge on any atom is 0.246 e. The largest absolute Gasteiger partial charge is 0.368 e. The van der Waals surface area contributed by atoms with Crippen LogP contribution in [0.2, 0.25) is 0 Å². The van der Waals surface area contributed by atoms with Crippen molar-refractivity contribution in [3.63, 3.8) is 0 Å². The number of thioether (sulfide) groups is 2. The van der Waals surface area contributed by atoms with Crippen molar-refractivity contribution >= 4 is 47.0 Å². The van der Waals surface area contributed by atoms with Crippen LogP contribution in [0.5, 0.6) is 0 Å². The van der Waals surface area contributed by atoms with Crippen LogP contribution in [0.15, 0.2) is 0 Å². The zero-order valence-electron chi connectivity index (χ0n) is 15.4. The molecule has 1 heterocycles. The van der Waals surface area contributed by atoms with Crippen LogP contribution in [0, 0.1) is 11.3 Å². The maximum atomic E-state index is 13.0. The Morgan fingerprint density at radius 1 is 1.42 bits per heavy atom. The average molecular weight is 402 g/mol. The lowest BCUT2D eigenvalue weighted by molar-refractivity contribution is -0.141. The standard InChI is InChI=1S/C17H27N3O4S2/c1-17(2)7-10(21)6-11(17)15(23)19-12(4-5-25-3)16(24)20-9-26-8-13(20)14(18)22/h11-13H,4-9H2,1-3H3,(H2,18,22)(H,19,23)/t11?,12-,13?/m0/s1. The first-order chi connectivity index (χ1) is 12.2. The Morgan fingerprint density at radius 2 is 2.12 bits per heavy atom. The number of ketones is 1. The second-order valence-electron chi connectivity index (χ2n) is 7.53. The van der Waals surface area contributed by atoms with Crippen molar-refractivity contribution in [1.82, 2.24) is 10.2 Å². The van der Waals surface area contributed by atoms with Gasteiger partial charge in [-0.05, 0) is 23.8 Å². The van der Waals surface area contributed by atoms with Gasteiger partial charge in [0.25, 0.3) is 0 Å². The first-order valence-corrected chi connectivity index (χ1v) is 11.2. The molecule has 2 fully saturated rings. The second kappa shape index (κ2) is 8.65. The van der Waals surface area contributed by atoms with Crippen LogP contribution >= 0.6 is 23.5 Å². The van der Waals surface area contributed by atoms with Crippen molar-refractivity contribution < 1.29 is 19.2 Å². The molecule has 0 aromatic carbocycles. The van der Waals surface area contributed by atoms with Gasteiger partial charge in [0.1, 0.15) is 17.9 Å². The van der Waals surface area contributed by atoms with Crippen molar-refractivity contribution in [1.29, 1.82) is 0 Å². The highest BCUT2D eigenvalue weighted by molar-refractivity contribution is 7.99. The SMILES string of the molecule is CSCC[C@H](NC(=O)C1CC(=O)CC1(C)C)C(=O)N1CSCC1C(N)=O. The van der Waals surface area contributed by atoms with Crippen molar-refractivity contribution in [2.75, 3.05) is 23.6 Å². The molecule has 0 aromatic heterocycles. The Morgan fingerprint density at radius 3 is 2.65 bits per heavy atom. The Balaban J connectivity index is 2.11. The summed E-state index contributed by atoms with van der Waals surface area (Å²) in [6.45, 7) is 3.81. The topological polar surface area (TPSA) is 110 Å². The number of hydrogen-bond acceptors (Lipinski definition) is 6. The number of Topliss-reactive ketones (excluding diaryl/α,β-unsaturated/α-hetero) is 1. The first kappa shape index (κ1) is 21.1. The van der Waals surface area contributed by atoms with Gasteiger partial charge in [0.15, 0.2) is 0 Å². The predicted octanol–water partition coefficient (Wildman–Crippen LogP) is 0.616. The van der Waals surface area contributed by atoms with Gasteiger partial charge in [-0.2, -0.15) is 11.8 Å². The van der Waals surface area contributed by atoms with E-state index >= 15 is 0 Å². The molecule has 2 aliphatic rings. The van der Waals surface area contributed by atoms with Crippen LogP contribution in [0.3, 0.4) is 0 Å². The van der Waals surface area contributed by atoms with Crippen LogP contribution in [0.4, 0.5) is 0 Å². The van der Waals surface area contributed by atoms with E-state index in [1.807, 2.05) is 20.1 Å².